The van der Waals surface area contributed by atoms with Gasteiger partial charge < -0.3 is 9.72 Å². The first kappa shape index (κ1) is 25.4. The maximum Gasteiger partial charge on any atom is 0.305 e. The molecule has 10 heteroatoms. The summed E-state index contributed by atoms with van der Waals surface area (Å²) in [4.78, 5) is 44.6. The highest BCUT2D eigenvalue weighted by Gasteiger charge is 2.56. The zero-order chi connectivity index (χ0) is 26.6. The smallest absolute Gasteiger partial charge is 0.305 e. The van der Waals surface area contributed by atoms with Crippen molar-refractivity contribution >= 4 is 68.1 Å². The molecule has 0 saturated carbocycles. The maximum absolute atomic E-state index is 14.0. The number of aromatic nitrogens is 1. The van der Waals surface area contributed by atoms with Crippen LogP contribution in [-0.2, 0) is 16.2 Å². The molecule has 0 spiro atoms. The molecule has 3 atom stereocenters. The lowest BCUT2D eigenvalue weighted by atomic mass is 9.82. The minimum absolute atomic E-state index is 0.235. The molecule has 6 nitrogen and oxygen atoms in total. The molecule has 2 aliphatic heterocycles. The zero-order valence-corrected chi connectivity index (χ0v) is 23.9. The first-order valence-electron chi connectivity index (χ1n) is 11.8. The number of hydrogen-bond acceptors (Lipinski definition) is 6. The van der Waals surface area contributed by atoms with Gasteiger partial charge in [-0.1, -0.05) is 80.5 Å². The van der Waals surface area contributed by atoms with Crippen LogP contribution < -0.4 is 14.5 Å². The molecule has 3 aromatic carbocycles. The molecule has 38 heavy (non-hydrogen) atoms. The van der Waals surface area contributed by atoms with Crippen molar-refractivity contribution < 1.29 is 14.3 Å². The molecule has 3 heterocycles. The summed E-state index contributed by atoms with van der Waals surface area (Å²) in [5, 5.41) is 0.385. The topological polar surface area (TPSA) is 79.5 Å². The standard InChI is InChI=1S/C28H20BrClN2O4S2/c1-14-2-4-15(5-3-14)13-36-20-11-8-17(30)12-19(20)21-22-24(37-25-23(21)38-28(35)31-25)27(34)32(26(22)33)18-9-6-16(29)7-10-18/h2-12,21-22,24H,13H2,1H3,(H,31,35). The van der Waals surface area contributed by atoms with Crippen LogP contribution >= 0.6 is 50.6 Å². The number of rotatable bonds is 5. The number of thiazole rings is 1. The van der Waals surface area contributed by atoms with Crippen molar-refractivity contribution in [3.05, 3.63) is 107 Å². The quantitative estimate of drug-likeness (QED) is 0.255. The van der Waals surface area contributed by atoms with E-state index in [0.717, 1.165) is 26.9 Å². The molecule has 3 unspecified atom stereocenters. The molecule has 0 bridgehead atoms. The maximum atomic E-state index is 14.0. The number of carbonyl (C=O) groups excluding carboxylic acids is 2. The Morgan fingerprint density at radius 3 is 2.47 bits per heavy atom. The van der Waals surface area contributed by atoms with Gasteiger partial charge in [0.05, 0.1) is 16.6 Å². The Balaban J connectivity index is 1.44. The molecule has 1 fully saturated rings. The number of fused-ring (bicyclic) bond motifs is 2. The summed E-state index contributed by atoms with van der Waals surface area (Å²) >= 11 is 12.2. The molecular formula is C28H20BrClN2O4S2. The number of halogens is 2. The number of anilines is 1. The van der Waals surface area contributed by atoms with Gasteiger partial charge in [-0.2, -0.15) is 0 Å². The lowest BCUT2D eigenvalue weighted by molar-refractivity contribution is -0.122. The molecule has 2 amide bonds. The van der Waals surface area contributed by atoms with Crippen molar-refractivity contribution in [2.75, 3.05) is 4.90 Å². The summed E-state index contributed by atoms with van der Waals surface area (Å²) < 4.78 is 7.11. The summed E-state index contributed by atoms with van der Waals surface area (Å²) in [5.74, 6) is -1.37. The third-order valence-electron chi connectivity index (χ3n) is 6.73. The number of thioether (sulfide) groups is 1. The van der Waals surface area contributed by atoms with Crippen LogP contribution in [0.3, 0.4) is 0 Å². The van der Waals surface area contributed by atoms with Gasteiger partial charge in [0.25, 0.3) is 0 Å². The SMILES string of the molecule is Cc1ccc(COc2ccc(Cl)cc2C2c3sc(=O)[nH]c3SC3C(=O)N(c4ccc(Br)cc4)C(=O)C32)cc1. The number of ether oxygens (including phenoxy) is 1. The summed E-state index contributed by atoms with van der Waals surface area (Å²) in [6.45, 7) is 2.34. The van der Waals surface area contributed by atoms with Gasteiger partial charge >= 0.3 is 4.87 Å². The van der Waals surface area contributed by atoms with E-state index in [0.29, 0.717) is 38.5 Å². The van der Waals surface area contributed by atoms with Crippen molar-refractivity contribution in [1.29, 1.82) is 0 Å². The van der Waals surface area contributed by atoms with Crippen LogP contribution in [0.25, 0.3) is 0 Å². The van der Waals surface area contributed by atoms with Gasteiger partial charge in [-0.05, 0) is 55.0 Å². The van der Waals surface area contributed by atoms with E-state index in [1.807, 2.05) is 31.2 Å². The van der Waals surface area contributed by atoms with Gasteiger partial charge in [0, 0.05) is 25.9 Å². The molecule has 1 N–H and O–H groups in total. The van der Waals surface area contributed by atoms with Gasteiger partial charge in [-0.15, -0.1) is 0 Å². The molecule has 0 radical (unpaired) electrons. The number of aromatic amines is 1. The number of aryl methyl sites for hydroxylation is 1. The van der Waals surface area contributed by atoms with Crippen LogP contribution in [0.15, 0.2) is 81.0 Å². The van der Waals surface area contributed by atoms with Gasteiger partial charge in [0.2, 0.25) is 11.8 Å². The van der Waals surface area contributed by atoms with E-state index in [1.54, 1.807) is 42.5 Å². The fourth-order valence-corrected chi connectivity index (χ4v) is 7.89. The number of nitrogens with zero attached hydrogens (tertiary/aromatic N) is 1. The van der Waals surface area contributed by atoms with Gasteiger partial charge in [0.1, 0.15) is 17.6 Å². The molecule has 1 saturated heterocycles. The van der Waals surface area contributed by atoms with Crippen molar-refractivity contribution in [2.24, 2.45) is 5.92 Å². The van der Waals surface area contributed by atoms with Crippen molar-refractivity contribution in [3.63, 3.8) is 0 Å². The average molecular weight is 628 g/mol. The van der Waals surface area contributed by atoms with Crippen LogP contribution in [0.4, 0.5) is 5.69 Å². The molecule has 1 aromatic heterocycles. The Labute approximate surface area is 240 Å². The highest BCUT2D eigenvalue weighted by Crippen LogP contribution is 2.54. The van der Waals surface area contributed by atoms with E-state index in [-0.39, 0.29) is 16.7 Å². The third-order valence-corrected chi connectivity index (χ3v) is 9.90. The summed E-state index contributed by atoms with van der Waals surface area (Å²) in [7, 11) is 0. The number of nitrogens with one attached hydrogen (secondary N) is 1. The predicted octanol–water partition coefficient (Wildman–Crippen LogP) is 6.54. The molecule has 6 rings (SSSR count). The summed E-state index contributed by atoms with van der Waals surface area (Å²) in [6.07, 6.45) is 0. The normalized spacial score (nSPS) is 20.4. The highest BCUT2D eigenvalue weighted by molar-refractivity contribution is 9.10. The Kier molecular flexibility index (Phi) is 6.72. The number of hydrogen-bond donors (Lipinski definition) is 1. The Bertz CT molecular complexity index is 1620. The van der Waals surface area contributed by atoms with E-state index in [1.165, 1.54) is 16.7 Å². The lowest BCUT2D eigenvalue weighted by Crippen LogP contribution is -2.32. The summed E-state index contributed by atoms with van der Waals surface area (Å²) in [6, 6.07) is 20.4. The van der Waals surface area contributed by atoms with Crippen LogP contribution in [0.5, 0.6) is 5.75 Å². The lowest BCUT2D eigenvalue weighted by Gasteiger charge is -2.31. The molecular weight excluding hydrogens is 608 g/mol. The summed E-state index contributed by atoms with van der Waals surface area (Å²) in [5.41, 5.74) is 3.33. The first-order valence-corrected chi connectivity index (χ1v) is 14.7. The predicted molar refractivity (Wildman–Crippen MR) is 154 cm³/mol. The number of imide groups is 1. The second-order valence-corrected chi connectivity index (χ2v) is 12.7. The largest absolute Gasteiger partial charge is 0.489 e. The van der Waals surface area contributed by atoms with Crippen LogP contribution in [0, 0.1) is 12.8 Å². The van der Waals surface area contributed by atoms with Crippen molar-refractivity contribution in [3.8, 4) is 5.75 Å². The number of benzene rings is 3. The average Bonchev–Trinajstić information content (AvgIpc) is 3.39. The van der Waals surface area contributed by atoms with E-state index < -0.39 is 17.1 Å². The van der Waals surface area contributed by atoms with Crippen LogP contribution in [-0.4, -0.2) is 22.0 Å². The molecule has 192 valence electrons. The van der Waals surface area contributed by atoms with Gasteiger partial charge in [0.15, 0.2) is 0 Å². The van der Waals surface area contributed by atoms with Crippen LogP contribution in [0.2, 0.25) is 5.02 Å². The van der Waals surface area contributed by atoms with Gasteiger partial charge in [-0.3, -0.25) is 14.4 Å². The van der Waals surface area contributed by atoms with E-state index in [9.17, 15) is 14.4 Å². The third kappa shape index (κ3) is 4.51. The van der Waals surface area contributed by atoms with E-state index in [4.69, 9.17) is 16.3 Å². The first-order chi connectivity index (χ1) is 18.3. The van der Waals surface area contributed by atoms with E-state index in [2.05, 4.69) is 20.9 Å². The van der Waals surface area contributed by atoms with E-state index >= 15 is 0 Å². The second kappa shape index (κ2) is 10.0. The molecule has 4 aromatic rings. The number of carbonyl (C=O) groups is 2. The van der Waals surface area contributed by atoms with Crippen molar-refractivity contribution in [2.45, 2.75) is 29.7 Å². The zero-order valence-electron chi connectivity index (χ0n) is 19.9. The Morgan fingerprint density at radius 1 is 1.00 bits per heavy atom. The van der Waals surface area contributed by atoms with Crippen molar-refractivity contribution in [1.82, 2.24) is 4.98 Å². The van der Waals surface area contributed by atoms with Crippen LogP contribution in [0.1, 0.15) is 27.5 Å². The minimum Gasteiger partial charge on any atom is -0.489 e. The number of amides is 2. The molecule has 0 aliphatic carbocycles. The molecule has 2 aliphatic rings. The highest BCUT2D eigenvalue weighted by atomic mass is 79.9. The fourth-order valence-electron chi connectivity index (χ4n) is 4.94. The Morgan fingerprint density at radius 2 is 1.74 bits per heavy atom. The number of H-pyrrole nitrogens is 1. The minimum atomic E-state index is -0.727. The Hall–Kier alpha value is -2.85. The van der Waals surface area contributed by atoms with Gasteiger partial charge in [-0.25, -0.2) is 4.90 Å². The monoisotopic (exact) mass is 626 g/mol. The fraction of sp³-hybridized carbons (Fsp3) is 0.179. The second-order valence-electron chi connectivity index (χ2n) is 9.19.